The first-order valence-corrected chi connectivity index (χ1v) is 26.7. The summed E-state index contributed by atoms with van der Waals surface area (Å²) in [5.74, 6) is 0. The molecular weight excluding hydrogens is 609 g/mol. The quantitative estimate of drug-likeness (QED) is 0.275. The molecule has 0 unspecified atom stereocenters. The fourth-order valence-corrected chi connectivity index (χ4v) is 71.2. The van der Waals surface area contributed by atoms with Gasteiger partial charge in [-0.3, -0.25) is 0 Å². The van der Waals surface area contributed by atoms with Crippen LogP contribution in [0.15, 0.2) is 121 Å². The molecule has 4 rings (SSSR count). The van der Waals surface area contributed by atoms with E-state index in [-0.39, 0.29) is 0 Å². The minimum atomic E-state index is -3.53. The molecule has 0 aliphatic rings. The van der Waals surface area contributed by atoms with Crippen molar-refractivity contribution in [2.45, 2.75) is 2.45 Å². The van der Waals surface area contributed by atoms with Gasteiger partial charge in [0.25, 0.3) is 0 Å². The van der Waals surface area contributed by atoms with Crippen LogP contribution in [0.5, 0.6) is 0 Å². The third-order valence-electron chi connectivity index (χ3n) is 5.41. The van der Waals surface area contributed by atoms with Crippen molar-refractivity contribution in [3.63, 3.8) is 0 Å². The zero-order chi connectivity index (χ0) is 20.2. The van der Waals surface area contributed by atoms with Crippen LogP contribution in [0.2, 0.25) is 2.45 Å². The molecule has 0 N–H and O–H groups in total. The molecule has 0 radical (unpaired) electrons. The summed E-state index contributed by atoms with van der Waals surface area (Å²) in [6.45, 7) is 0. The standard InChI is InChI=1S/4C6H5.CH2.2ClH.2Sn/c4*1-2-4-6-5-3-1;;;;;/h4*1-5H;1H2;2*1H;;/q;;;;;;;2*+1/p-2. The topological polar surface area (TPSA) is 0 Å². The Kier molecular flexibility index (Phi) is 6.95. The zero-order valence-electron chi connectivity index (χ0n) is 16.0. The first-order chi connectivity index (χ1) is 14.1. The molecule has 4 heteroatoms. The van der Waals surface area contributed by atoms with E-state index < -0.39 is 34.5 Å². The number of benzene rings is 4. The van der Waals surface area contributed by atoms with E-state index in [1.165, 1.54) is 14.3 Å². The van der Waals surface area contributed by atoms with Crippen molar-refractivity contribution in [3.8, 4) is 0 Å². The number of halogens is 2. The van der Waals surface area contributed by atoms with E-state index in [4.69, 9.17) is 17.8 Å². The Morgan fingerprint density at radius 2 is 0.586 bits per heavy atom. The molecule has 0 aromatic heterocycles. The molecule has 4 aromatic carbocycles. The summed E-state index contributed by atoms with van der Waals surface area (Å²) in [6.07, 6.45) is 0. The average molecular weight is 631 g/mol. The number of hydrogen-bond acceptors (Lipinski definition) is 0. The minimum absolute atomic E-state index is 0.925. The Bertz CT molecular complexity index is 873. The van der Waals surface area contributed by atoms with E-state index in [1.54, 1.807) is 0 Å². The van der Waals surface area contributed by atoms with Gasteiger partial charge >= 0.3 is 190 Å². The molecule has 0 atom stereocenters. The Morgan fingerprint density at radius 3 is 0.793 bits per heavy atom. The van der Waals surface area contributed by atoms with E-state index in [0.717, 1.165) is 2.45 Å². The van der Waals surface area contributed by atoms with Crippen LogP contribution >= 0.6 is 17.8 Å². The van der Waals surface area contributed by atoms with E-state index in [9.17, 15) is 0 Å². The predicted molar refractivity (Wildman–Crippen MR) is 132 cm³/mol. The molecule has 0 heterocycles. The SMILES string of the molecule is [Cl][Sn]([CH2][Sn]([Cl])([c]1ccccc1)[c]1ccccc1)([c]1ccccc1)[c]1ccccc1. The van der Waals surface area contributed by atoms with Crippen LogP contribution in [0.4, 0.5) is 0 Å². The van der Waals surface area contributed by atoms with Crippen LogP contribution in [-0.2, 0) is 0 Å². The monoisotopic (exact) mass is 632 g/mol. The van der Waals surface area contributed by atoms with Crippen molar-refractivity contribution in [2.75, 3.05) is 0 Å². The Morgan fingerprint density at radius 1 is 0.379 bits per heavy atom. The van der Waals surface area contributed by atoms with E-state index in [1.807, 2.05) is 0 Å². The van der Waals surface area contributed by atoms with Gasteiger partial charge in [-0.25, -0.2) is 0 Å². The molecule has 0 aliphatic carbocycles. The van der Waals surface area contributed by atoms with Gasteiger partial charge < -0.3 is 0 Å². The normalized spacial score (nSPS) is 11.9. The fourth-order valence-electron chi connectivity index (χ4n) is 3.89. The van der Waals surface area contributed by atoms with E-state index >= 15 is 0 Å². The van der Waals surface area contributed by atoms with Crippen LogP contribution in [0, 0.1) is 0 Å². The van der Waals surface area contributed by atoms with Crippen molar-refractivity contribution in [1.29, 1.82) is 0 Å². The van der Waals surface area contributed by atoms with Gasteiger partial charge in [-0.05, 0) is 0 Å². The number of rotatable bonds is 6. The Hall–Kier alpha value is -0.943. The van der Waals surface area contributed by atoms with Gasteiger partial charge in [0.2, 0.25) is 0 Å². The van der Waals surface area contributed by atoms with Gasteiger partial charge in [-0.2, -0.15) is 0 Å². The van der Waals surface area contributed by atoms with Gasteiger partial charge in [0.1, 0.15) is 0 Å². The molecular formula is C25H22Cl2Sn2. The summed E-state index contributed by atoms with van der Waals surface area (Å²) < 4.78 is 6.10. The van der Waals surface area contributed by atoms with Gasteiger partial charge in [-0.1, -0.05) is 0 Å². The van der Waals surface area contributed by atoms with Crippen molar-refractivity contribution in [1.82, 2.24) is 0 Å². The van der Waals surface area contributed by atoms with Gasteiger partial charge in [0, 0.05) is 0 Å². The summed E-state index contributed by atoms with van der Waals surface area (Å²) in [6, 6.07) is 42.7. The van der Waals surface area contributed by atoms with Crippen molar-refractivity contribution in [3.05, 3.63) is 121 Å². The summed E-state index contributed by atoms with van der Waals surface area (Å²) >= 11 is -7.06. The molecule has 0 aliphatic heterocycles. The third kappa shape index (κ3) is 4.56. The molecule has 0 nitrogen and oxygen atoms in total. The van der Waals surface area contributed by atoms with Gasteiger partial charge in [0.15, 0.2) is 0 Å². The summed E-state index contributed by atoms with van der Waals surface area (Å²) in [7, 11) is 15.5. The van der Waals surface area contributed by atoms with Crippen LogP contribution in [0.1, 0.15) is 0 Å². The first kappa shape index (κ1) is 21.3. The van der Waals surface area contributed by atoms with Crippen LogP contribution in [0.3, 0.4) is 0 Å². The van der Waals surface area contributed by atoms with Crippen molar-refractivity contribution in [2.24, 2.45) is 0 Å². The predicted octanol–water partition coefficient (Wildman–Crippen LogP) is 4.52. The Balaban J connectivity index is 1.91. The second-order valence-corrected chi connectivity index (χ2v) is 39.4. The molecule has 0 spiro atoms. The Labute approximate surface area is 188 Å². The summed E-state index contributed by atoms with van der Waals surface area (Å²) in [4.78, 5) is 0. The molecule has 0 saturated carbocycles. The number of hydrogen-bond donors (Lipinski definition) is 0. The average Bonchev–Trinajstić information content (AvgIpc) is 2.81. The molecule has 0 fully saturated rings. The molecule has 0 saturated heterocycles. The molecule has 0 amide bonds. The van der Waals surface area contributed by atoms with Crippen LogP contribution in [-0.4, -0.2) is 34.5 Å². The molecule has 4 aromatic rings. The second-order valence-electron chi connectivity index (χ2n) is 7.24. The summed E-state index contributed by atoms with van der Waals surface area (Å²) in [5.41, 5.74) is 0. The van der Waals surface area contributed by atoms with Gasteiger partial charge in [-0.15, -0.1) is 0 Å². The summed E-state index contributed by atoms with van der Waals surface area (Å²) in [5, 5.41) is 0. The van der Waals surface area contributed by atoms with E-state index in [2.05, 4.69) is 121 Å². The fraction of sp³-hybridized carbons (Fsp3) is 0.0400. The van der Waals surface area contributed by atoms with Crippen molar-refractivity contribution < 1.29 is 0 Å². The van der Waals surface area contributed by atoms with Crippen LogP contribution < -0.4 is 14.3 Å². The van der Waals surface area contributed by atoms with Crippen LogP contribution in [0.25, 0.3) is 0 Å². The molecule has 144 valence electrons. The third-order valence-corrected chi connectivity index (χ3v) is 59.0. The van der Waals surface area contributed by atoms with Crippen molar-refractivity contribution >= 4 is 66.7 Å². The first-order valence-electron chi connectivity index (χ1n) is 9.73. The van der Waals surface area contributed by atoms with E-state index in [0.29, 0.717) is 0 Å². The van der Waals surface area contributed by atoms with Gasteiger partial charge in [0.05, 0.1) is 0 Å². The molecule has 29 heavy (non-hydrogen) atoms. The maximum atomic E-state index is 7.75. The maximum absolute atomic E-state index is 7.75. The zero-order valence-corrected chi connectivity index (χ0v) is 23.2. The second kappa shape index (κ2) is 9.46. The molecule has 0 bridgehead atoms.